The van der Waals surface area contributed by atoms with E-state index in [0.717, 1.165) is 11.0 Å². The van der Waals surface area contributed by atoms with Gasteiger partial charge in [0.05, 0.1) is 0 Å². The Morgan fingerprint density at radius 1 is 1.50 bits per heavy atom. The summed E-state index contributed by atoms with van der Waals surface area (Å²) >= 11 is 3.32. The van der Waals surface area contributed by atoms with Gasteiger partial charge in [-0.15, -0.1) is 0 Å². The molecule has 0 aromatic carbocycles. The molecule has 0 bridgehead atoms. The van der Waals surface area contributed by atoms with Crippen LogP contribution < -0.4 is 0 Å². The van der Waals surface area contributed by atoms with Gasteiger partial charge in [-0.3, -0.25) is 0 Å². The van der Waals surface area contributed by atoms with Crippen LogP contribution in [-0.4, -0.2) is 4.98 Å². The van der Waals surface area contributed by atoms with Gasteiger partial charge in [-0.1, -0.05) is 12.2 Å². The molecule has 1 aliphatic carbocycles. The Morgan fingerprint density at radius 2 is 2.40 bits per heavy atom. The van der Waals surface area contributed by atoms with Crippen molar-refractivity contribution in [1.82, 2.24) is 4.98 Å². The van der Waals surface area contributed by atoms with Gasteiger partial charge in [-0.05, 0) is 39.5 Å². The highest BCUT2D eigenvalue weighted by atomic mass is 79.9. The van der Waals surface area contributed by atoms with Crippen molar-refractivity contribution in [1.29, 1.82) is 0 Å². The van der Waals surface area contributed by atoms with E-state index in [-0.39, 0.29) is 0 Å². The molecule has 10 heavy (non-hydrogen) atoms. The number of allylic oxidation sites excluding steroid dienone is 1. The topological polar surface area (TPSA) is 12.9 Å². The monoisotopic (exact) mass is 195 g/mol. The lowest BCUT2D eigenvalue weighted by Gasteiger charge is -1.95. The molecule has 0 unspecified atom stereocenters. The third-order valence-electron chi connectivity index (χ3n) is 1.62. The second-order valence-electron chi connectivity index (χ2n) is 2.31. The first-order valence-electron chi connectivity index (χ1n) is 3.17. The van der Waals surface area contributed by atoms with Crippen molar-refractivity contribution in [2.45, 2.75) is 6.42 Å². The van der Waals surface area contributed by atoms with E-state index in [1.807, 2.05) is 12.3 Å². The minimum absolute atomic E-state index is 0.915. The lowest BCUT2D eigenvalue weighted by molar-refractivity contribution is 1.18. The van der Waals surface area contributed by atoms with Crippen molar-refractivity contribution < 1.29 is 0 Å². The fraction of sp³-hybridized carbons (Fsp3) is 0.125. The highest BCUT2D eigenvalue weighted by Gasteiger charge is 2.04. The highest BCUT2D eigenvalue weighted by Crippen LogP contribution is 2.20. The maximum atomic E-state index is 4.13. The van der Waals surface area contributed by atoms with Crippen LogP contribution in [0.4, 0.5) is 0 Å². The SMILES string of the molecule is Brc1cc2c(cn1)CC=C2. The van der Waals surface area contributed by atoms with Crippen LogP contribution in [0.25, 0.3) is 6.08 Å². The molecule has 2 heteroatoms. The van der Waals surface area contributed by atoms with E-state index in [9.17, 15) is 0 Å². The molecule has 1 nitrogen and oxygen atoms in total. The minimum atomic E-state index is 0.915. The smallest absolute Gasteiger partial charge is 0.106 e. The molecule has 2 rings (SSSR count). The van der Waals surface area contributed by atoms with E-state index in [1.165, 1.54) is 11.1 Å². The molecule has 0 aliphatic heterocycles. The van der Waals surface area contributed by atoms with E-state index in [0.29, 0.717) is 0 Å². The molecular formula is C8H6BrN. The molecule has 50 valence electrons. The summed E-state index contributed by atoms with van der Waals surface area (Å²) < 4.78 is 0.915. The Bertz CT molecular complexity index is 291. The number of fused-ring (bicyclic) bond motifs is 1. The predicted octanol–water partition coefficient (Wildman–Crippen LogP) is 2.41. The molecule has 1 heterocycles. The summed E-state index contributed by atoms with van der Waals surface area (Å²) in [6.45, 7) is 0. The van der Waals surface area contributed by atoms with E-state index in [2.05, 4.69) is 33.1 Å². The van der Waals surface area contributed by atoms with Gasteiger partial charge in [0.15, 0.2) is 0 Å². The first-order valence-corrected chi connectivity index (χ1v) is 3.96. The second-order valence-corrected chi connectivity index (χ2v) is 3.12. The van der Waals surface area contributed by atoms with Crippen molar-refractivity contribution in [3.8, 4) is 0 Å². The molecule has 0 spiro atoms. The highest BCUT2D eigenvalue weighted by molar-refractivity contribution is 9.10. The molecule has 0 amide bonds. The fourth-order valence-corrected chi connectivity index (χ4v) is 1.46. The molecule has 0 saturated carbocycles. The average molecular weight is 196 g/mol. The van der Waals surface area contributed by atoms with E-state index >= 15 is 0 Å². The van der Waals surface area contributed by atoms with Crippen LogP contribution in [0, 0.1) is 0 Å². The van der Waals surface area contributed by atoms with Crippen LogP contribution in [-0.2, 0) is 6.42 Å². The summed E-state index contributed by atoms with van der Waals surface area (Å²) in [5.41, 5.74) is 2.62. The number of hydrogen-bond donors (Lipinski definition) is 0. The Morgan fingerprint density at radius 3 is 3.30 bits per heavy atom. The quantitative estimate of drug-likeness (QED) is 0.580. The standard InChI is InChI=1S/C8H6BrN/c9-8-4-6-2-1-3-7(6)5-10-8/h1-2,4-5H,3H2. The number of aromatic nitrogens is 1. The lowest BCUT2D eigenvalue weighted by Crippen LogP contribution is -1.83. The zero-order valence-electron chi connectivity index (χ0n) is 5.34. The van der Waals surface area contributed by atoms with Gasteiger partial charge in [0.25, 0.3) is 0 Å². The molecule has 1 aliphatic rings. The molecule has 0 N–H and O–H groups in total. The van der Waals surface area contributed by atoms with Gasteiger partial charge in [-0.25, -0.2) is 4.98 Å². The Hall–Kier alpha value is -0.630. The van der Waals surface area contributed by atoms with Gasteiger partial charge in [0.2, 0.25) is 0 Å². The van der Waals surface area contributed by atoms with Crippen molar-refractivity contribution in [2.24, 2.45) is 0 Å². The van der Waals surface area contributed by atoms with E-state index in [1.54, 1.807) is 0 Å². The second kappa shape index (κ2) is 2.20. The Kier molecular flexibility index (Phi) is 1.34. The Labute approximate surface area is 67.9 Å². The predicted molar refractivity (Wildman–Crippen MR) is 44.7 cm³/mol. The van der Waals surface area contributed by atoms with Crippen molar-refractivity contribution in [3.05, 3.63) is 34.1 Å². The first kappa shape index (κ1) is 6.10. The van der Waals surface area contributed by atoms with E-state index < -0.39 is 0 Å². The van der Waals surface area contributed by atoms with Crippen LogP contribution >= 0.6 is 15.9 Å². The van der Waals surface area contributed by atoms with Gasteiger partial charge in [-0.2, -0.15) is 0 Å². The molecule has 1 aromatic heterocycles. The number of rotatable bonds is 0. The van der Waals surface area contributed by atoms with Crippen molar-refractivity contribution >= 4 is 22.0 Å². The summed E-state index contributed by atoms with van der Waals surface area (Å²) in [5, 5.41) is 0. The lowest BCUT2D eigenvalue weighted by atomic mass is 10.2. The maximum absolute atomic E-state index is 4.13. The van der Waals surface area contributed by atoms with Gasteiger partial charge < -0.3 is 0 Å². The summed E-state index contributed by atoms with van der Waals surface area (Å²) in [6, 6.07) is 2.04. The molecule has 0 saturated heterocycles. The third-order valence-corrected chi connectivity index (χ3v) is 2.06. The molecule has 0 fully saturated rings. The first-order chi connectivity index (χ1) is 4.86. The van der Waals surface area contributed by atoms with Crippen LogP contribution in [0.5, 0.6) is 0 Å². The van der Waals surface area contributed by atoms with Crippen molar-refractivity contribution in [2.75, 3.05) is 0 Å². The normalized spacial score (nSPS) is 13.7. The van der Waals surface area contributed by atoms with Crippen molar-refractivity contribution in [3.63, 3.8) is 0 Å². The Balaban J connectivity index is 2.60. The van der Waals surface area contributed by atoms with Crippen LogP contribution in [0.3, 0.4) is 0 Å². The number of hydrogen-bond acceptors (Lipinski definition) is 1. The number of pyridine rings is 1. The van der Waals surface area contributed by atoms with Gasteiger partial charge in [0, 0.05) is 6.20 Å². The van der Waals surface area contributed by atoms with E-state index in [4.69, 9.17) is 0 Å². The molecular weight excluding hydrogens is 190 g/mol. The molecule has 1 aromatic rings. The summed E-state index contributed by atoms with van der Waals surface area (Å²) in [6.07, 6.45) is 7.23. The fourth-order valence-electron chi connectivity index (χ4n) is 1.11. The number of nitrogens with zero attached hydrogens (tertiary/aromatic N) is 1. The molecule has 0 radical (unpaired) electrons. The average Bonchev–Trinajstić information content (AvgIpc) is 2.33. The maximum Gasteiger partial charge on any atom is 0.106 e. The largest absolute Gasteiger partial charge is 0.249 e. The third kappa shape index (κ3) is 0.886. The zero-order chi connectivity index (χ0) is 6.97. The van der Waals surface area contributed by atoms with Crippen LogP contribution in [0.1, 0.15) is 11.1 Å². The summed E-state index contributed by atoms with van der Waals surface area (Å²) in [5.74, 6) is 0. The van der Waals surface area contributed by atoms with Crippen LogP contribution in [0.15, 0.2) is 22.9 Å². The van der Waals surface area contributed by atoms with Gasteiger partial charge >= 0.3 is 0 Å². The zero-order valence-corrected chi connectivity index (χ0v) is 6.93. The summed E-state index contributed by atoms with van der Waals surface area (Å²) in [7, 11) is 0. The molecule has 0 atom stereocenters. The van der Waals surface area contributed by atoms with Gasteiger partial charge in [0.1, 0.15) is 4.60 Å². The minimum Gasteiger partial charge on any atom is -0.249 e. The summed E-state index contributed by atoms with van der Waals surface area (Å²) in [4.78, 5) is 4.13. The number of halogens is 1. The van der Waals surface area contributed by atoms with Crippen LogP contribution in [0.2, 0.25) is 0 Å².